The molecular weight excluding hydrogens is 372 g/mol. The van der Waals surface area contributed by atoms with Crippen molar-refractivity contribution >= 4 is 5.97 Å². The summed E-state index contributed by atoms with van der Waals surface area (Å²) in [6, 6.07) is 18.0. The molecule has 1 fully saturated rings. The number of nitrogens with zero attached hydrogens (tertiary/aromatic N) is 2. The van der Waals surface area contributed by atoms with Crippen LogP contribution in [0.15, 0.2) is 66.9 Å². The second kappa shape index (κ2) is 8.15. The van der Waals surface area contributed by atoms with Gasteiger partial charge in [-0.15, -0.1) is 0 Å². The number of allylic oxidation sites excluding steroid dienone is 1. The Morgan fingerprint density at radius 3 is 2.55 bits per heavy atom. The van der Waals surface area contributed by atoms with Crippen LogP contribution in [0.1, 0.15) is 25.5 Å². The summed E-state index contributed by atoms with van der Waals surface area (Å²) in [6.07, 6.45) is 1.14. The average Bonchev–Trinajstić information content (AvgIpc) is 3.26. The highest BCUT2D eigenvalue weighted by Gasteiger charge is 2.62. The van der Waals surface area contributed by atoms with E-state index in [-0.39, 0.29) is 5.92 Å². The van der Waals surface area contributed by atoms with Crippen LogP contribution in [0.5, 0.6) is 11.5 Å². The standard InChI is InChI=1S/C22H20N2O5/c1-22(2)18(11-12-24(26)27)20(22)21(25)29-19(14-23)15-7-6-10-17(13-15)28-16-8-4-3-5-9-16/h3-13,18-20H,1-2H3/b12-11+. The number of benzene rings is 2. The highest BCUT2D eigenvalue weighted by molar-refractivity contribution is 5.78. The van der Waals surface area contributed by atoms with E-state index in [1.807, 2.05) is 50.2 Å². The summed E-state index contributed by atoms with van der Waals surface area (Å²) >= 11 is 0. The topological polar surface area (TPSA) is 102 Å². The van der Waals surface area contributed by atoms with Crippen LogP contribution in [0.25, 0.3) is 0 Å². The van der Waals surface area contributed by atoms with E-state index in [0.29, 0.717) is 17.1 Å². The third kappa shape index (κ3) is 4.61. The zero-order valence-corrected chi connectivity index (χ0v) is 16.0. The second-order valence-corrected chi connectivity index (χ2v) is 7.39. The molecule has 2 aromatic carbocycles. The summed E-state index contributed by atoms with van der Waals surface area (Å²) in [6.45, 7) is 3.67. The zero-order chi connectivity index (χ0) is 21.0. The van der Waals surface area contributed by atoms with Gasteiger partial charge in [0.05, 0.1) is 10.8 Å². The first-order valence-corrected chi connectivity index (χ1v) is 9.07. The van der Waals surface area contributed by atoms with Gasteiger partial charge in [-0.25, -0.2) is 0 Å². The molecule has 29 heavy (non-hydrogen) atoms. The van der Waals surface area contributed by atoms with Gasteiger partial charge in [0.2, 0.25) is 12.3 Å². The number of hydrogen-bond donors (Lipinski definition) is 0. The molecule has 0 spiro atoms. The van der Waals surface area contributed by atoms with Crippen molar-refractivity contribution in [2.24, 2.45) is 17.3 Å². The summed E-state index contributed by atoms with van der Waals surface area (Å²) in [4.78, 5) is 22.6. The molecule has 7 nitrogen and oxygen atoms in total. The fourth-order valence-corrected chi connectivity index (χ4v) is 3.37. The molecule has 0 heterocycles. The van der Waals surface area contributed by atoms with Crippen LogP contribution in [0, 0.1) is 38.7 Å². The summed E-state index contributed by atoms with van der Waals surface area (Å²) in [5, 5.41) is 20.1. The maximum Gasteiger partial charge on any atom is 0.311 e. The largest absolute Gasteiger partial charge is 0.457 e. The van der Waals surface area contributed by atoms with Crippen molar-refractivity contribution in [1.82, 2.24) is 0 Å². The molecule has 3 atom stereocenters. The molecule has 3 unspecified atom stereocenters. The Bertz CT molecular complexity index is 978. The summed E-state index contributed by atoms with van der Waals surface area (Å²) in [5.41, 5.74) is 0.0344. The molecule has 1 aliphatic carbocycles. The first-order valence-electron chi connectivity index (χ1n) is 9.07. The number of carbonyl (C=O) groups excluding carboxylic acids is 1. The number of carbonyl (C=O) groups is 1. The van der Waals surface area contributed by atoms with E-state index in [0.717, 1.165) is 6.20 Å². The lowest BCUT2D eigenvalue weighted by Crippen LogP contribution is -2.14. The van der Waals surface area contributed by atoms with Crippen LogP contribution in [0.3, 0.4) is 0 Å². The Balaban J connectivity index is 1.70. The molecule has 0 saturated heterocycles. The molecule has 1 aliphatic rings. The molecule has 0 amide bonds. The maximum absolute atomic E-state index is 12.6. The van der Waals surface area contributed by atoms with Gasteiger partial charge in [0.25, 0.3) is 0 Å². The van der Waals surface area contributed by atoms with Gasteiger partial charge in [0.15, 0.2) is 0 Å². The fraction of sp³-hybridized carbons (Fsp3) is 0.273. The minimum atomic E-state index is -1.10. The van der Waals surface area contributed by atoms with Crippen LogP contribution in [-0.4, -0.2) is 10.9 Å². The minimum Gasteiger partial charge on any atom is -0.457 e. The van der Waals surface area contributed by atoms with Crippen LogP contribution in [-0.2, 0) is 9.53 Å². The molecule has 0 N–H and O–H groups in total. The van der Waals surface area contributed by atoms with E-state index >= 15 is 0 Å². The summed E-state index contributed by atoms with van der Waals surface area (Å²) in [5.74, 6) is -0.210. The normalized spacial score (nSPS) is 20.4. The Hall–Kier alpha value is -3.66. The molecule has 0 aromatic heterocycles. The van der Waals surface area contributed by atoms with E-state index < -0.39 is 28.3 Å². The van der Waals surface area contributed by atoms with E-state index in [9.17, 15) is 20.2 Å². The predicted molar refractivity (Wildman–Crippen MR) is 104 cm³/mol. The highest BCUT2D eigenvalue weighted by atomic mass is 16.6. The first-order chi connectivity index (χ1) is 13.8. The van der Waals surface area contributed by atoms with Gasteiger partial charge in [-0.3, -0.25) is 14.9 Å². The minimum absolute atomic E-state index is 0.299. The third-order valence-electron chi connectivity index (χ3n) is 5.07. The molecule has 1 saturated carbocycles. The van der Waals surface area contributed by atoms with Crippen molar-refractivity contribution in [1.29, 1.82) is 5.26 Å². The number of rotatable bonds is 7. The number of nitriles is 1. The van der Waals surface area contributed by atoms with Crippen LogP contribution < -0.4 is 4.74 Å². The molecule has 0 bridgehead atoms. The molecule has 0 aliphatic heterocycles. The fourth-order valence-electron chi connectivity index (χ4n) is 3.37. The first kappa shape index (κ1) is 20.1. The number of hydrogen-bond acceptors (Lipinski definition) is 6. The lowest BCUT2D eigenvalue weighted by molar-refractivity contribution is -0.402. The van der Waals surface area contributed by atoms with Crippen molar-refractivity contribution < 1.29 is 19.2 Å². The van der Waals surface area contributed by atoms with E-state index in [2.05, 4.69) is 0 Å². The van der Waals surface area contributed by atoms with Gasteiger partial charge >= 0.3 is 5.97 Å². The monoisotopic (exact) mass is 392 g/mol. The SMILES string of the molecule is CC1(C)C(/C=C/[N+](=O)[O-])C1C(=O)OC(C#N)c1cccc(Oc2ccccc2)c1. The van der Waals surface area contributed by atoms with Gasteiger partial charge in [-0.1, -0.05) is 44.2 Å². The van der Waals surface area contributed by atoms with Gasteiger partial charge in [0, 0.05) is 11.5 Å². The van der Waals surface area contributed by atoms with Gasteiger partial charge in [-0.05, 0) is 35.8 Å². The lowest BCUT2D eigenvalue weighted by Gasteiger charge is -2.13. The van der Waals surface area contributed by atoms with Crippen molar-refractivity contribution in [3.05, 3.63) is 82.6 Å². The molecule has 7 heteroatoms. The Morgan fingerprint density at radius 2 is 1.90 bits per heavy atom. The zero-order valence-electron chi connectivity index (χ0n) is 16.0. The maximum atomic E-state index is 12.6. The van der Waals surface area contributed by atoms with Crippen molar-refractivity contribution in [2.45, 2.75) is 20.0 Å². The molecule has 0 radical (unpaired) electrons. The van der Waals surface area contributed by atoms with Crippen molar-refractivity contribution in [3.63, 3.8) is 0 Å². The molecular formula is C22H20N2O5. The second-order valence-electron chi connectivity index (χ2n) is 7.39. The number of para-hydroxylation sites is 1. The lowest BCUT2D eigenvalue weighted by atomic mass is 10.1. The molecule has 2 aromatic rings. The van der Waals surface area contributed by atoms with Gasteiger partial charge in [-0.2, -0.15) is 5.26 Å². The van der Waals surface area contributed by atoms with Crippen LogP contribution >= 0.6 is 0 Å². The van der Waals surface area contributed by atoms with Crippen LogP contribution in [0.4, 0.5) is 0 Å². The highest BCUT2D eigenvalue weighted by Crippen LogP contribution is 2.59. The Morgan fingerprint density at radius 1 is 1.21 bits per heavy atom. The molecule has 148 valence electrons. The predicted octanol–water partition coefficient (Wildman–Crippen LogP) is 4.65. The average molecular weight is 392 g/mol. The van der Waals surface area contributed by atoms with Crippen molar-refractivity contribution in [2.75, 3.05) is 0 Å². The number of nitro groups is 1. The smallest absolute Gasteiger partial charge is 0.311 e. The van der Waals surface area contributed by atoms with E-state index in [1.165, 1.54) is 6.08 Å². The Kier molecular flexibility index (Phi) is 5.64. The molecule has 3 rings (SSSR count). The summed E-state index contributed by atoms with van der Waals surface area (Å²) in [7, 11) is 0. The quantitative estimate of drug-likeness (QED) is 0.386. The van der Waals surface area contributed by atoms with Crippen LogP contribution in [0.2, 0.25) is 0 Å². The van der Waals surface area contributed by atoms with Crippen molar-refractivity contribution in [3.8, 4) is 17.6 Å². The van der Waals surface area contributed by atoms with Gasteiger partial charge < -0.3 is 9.47 Å². The van der Waals surface area contributed by atoms with E-state index in [1.54, 1.807) is 24.3 Å². The Labute approximate surface area is 168 Å². The van der Waals surface area contributed by atoms with E-state index in [4.69, 9.17) is 9.47 Å². The third-order valence-corrected chi connectivity index (χ3v) is 5.07. The van der Waals surface area contributed by atoms with Gasteiger partial charge in [0.1, 0.15) is 17.6 Å². The number of ether oxygens (including phenoxy) is 2. The summed E-state index contributed by atoms with van der Waals surface area (Å²) < 4.78 is 11.2. The number of esters is 1.